The number of likely N-dealkylation sites (tertiary alicyclic amines) is 1. The number of aliphatic imine (C=N–C) groups is 1. The summed E-state index contributed by atoms with van der Waals surface area (Å²) in [5, 5.41) is 7.77. The van der Waals surface area contributed by atoms with Crippen molar-refractivity contribution < 1.29 is 9.53 Å². The molecule has 1 fully saturated rings. The summed E-state index contributed by atoms with van der Waals surface area (Å²) >= 11 is 1.70. The topological polar surface area (TPSA) is 78.9 Å². The molecule has 0 unspecified atom stereocenters. The first-order valence-corrected chi connectivity index (χ1v) is 8.58. The molecule has 1 aliphatic rings. The van der Waals surface area contributed by atoms with Gasteiger partial charge in [-0.1, -0.05) is 0 Å². The molecule has 2 rings (SSSR count). The standard InChI is InChI=1S/C15H25N5O2S/c1-10-11(2)23-13(18-10)9-17-14(16-3)19-12-5-7-20(8-6-12)15(21)22-4/h12H,5-9H2,1-4H3,(H2,16,17,19). The van der Waals surface area contributed by atoms with Crippen LogP contribution in [-0.2, 0) is 11.3 Å². The van der Waals surface area contributed by atoms with Gasteiger partial charge < -0.3 is 20.3 Å². The van der Waals surface area contributed by atoms with Crippen LogP contribution in [-0.4, -0.2) is 55.2 Å². The van der Waals surface area contributed by atoms with Crippen LogP contribution in [0.3, 0.4) is 0 Å². The van der Waals surface area contributed by atoms with Gasteiger partial charge in [0.15, 0.2) is 5.96 Å². The second-order valence-corrected chi connectivity index (χ2v) is 6.84. The monoisotopic (exact) mass is 339 g/mol. The SMILES string of the molecule is CN=C(NCc1nc(C)c(C)s1)NC1CCN(C(=O)OC)CC1. The molecule has 2 N–H and O–H groups in total. The molecule has 1 aliphatic heterocycles. The maximum atomic E-state index is 11.5. The number of piperidine rings is 1. The van der Waals surface area contributed by atoms with E-state index in [1.54, 1.807) is 23.3 Å². The highest BCUT2D eigenvalue weighted by Gasteiger charge is 2.23. The molecule has 0 aromatic carbocycles. The van der Waals surface area contributed by atoms with E-state index in [0.717, 1.165) is 29.5 Å². The molecule has 0 radical (unpaired) electrons. The fourth-order valence-electron chi connectivity index (χ4n) is 2.50. The number of hydrogen-bond acceptors (Lipinski definition) is 5. The van der Waals surface area contributed by atoms with E-state index in [-0.39, 0.29) is 6.09 Å². The van der Waals surface area contributed by atoms with Crippen molar-refractivity contribution in [1.82, 2.24) is 20.5 Å². The Morgan fingerprint density at radius 1 is 1.43 bits per heavy atom. The van der Waals surface area contributed by atoms with Gasteiger partial charge in [-0.15, -0.1) is 11.3 Å². The Kier molecular flexibility index (Phi) is 6.20. The van der Waals surface area contributed by atoms with Crippen molar-refractivity contribution in [1.29, 1.82) is 0 Å². The Bertz CT molecular complexity index is 545. The number of aromatic nitrogens is 1. The average molecular weight is 339 g/mol. The molecule has 8 heteroatoms. The second kappa shape index (κ2) is 8.14. The zero-order valence-electron chi connectivity index (χ0n) is 14.2. The Hall–Kier alpha value is -1.83. The summed E-state index contributed by atoms with van der Waals surface area (Å²) in [6.07, 6.45) is 1.51. The van der Waals surface area contributed by atoms with Crippen molar-refractivity contribution in [3.8, 4) is 0 Å². The highest BCUT2D eigenvalue weighted by Crippen LogP contribution is 2.16. The van der Waals surface area contributed by atoms with Crippen molar-refractivity contribution in [2.75, 3.05) is 27.2 Å². The Morgan fingerprint density at radius 3 is 2.65 bits per heavy atom. The lowest BCUT2D eigenvalue weighted by Crippen LogP contribution is -2.49. The average Bonchev–Trinajstić information content (AvgIpc) is 2.89. The summed E-state index contributed by atoms with van der Waals surface area (Å²) in [4.78, 5) is 23.2. The first kappa shape index (κ1) is 17.5. The smallest absolute Gasteiger partial charge is 0.409 e. The largest absolute Gasteiger partial charge is 0.453 e. The number of guanidine groups is 1. The molecule has 0 saturated carbocycles. The van der Waals surface area contributed by atoms with E-state index in [2.05, 4.69) is 27.5 Å². The third-order valence-corrected chi connectivity index (χ3v) is 5.04. The number of nitrogens with zero attached hydrogens (tertiary/aromatic N) is 3. The second-order valence-electron chi connectivity index (χ2n) is 5.55. The minimum atomic E-state index is -0.250. The van der Waals surface area contributed by atoms with Crippen LogP contribution in [0, 0.1) is 13.8 Å². The number of methoxy groups -OCH3 is 1. The fourth-order valence-corrected chi connectivity index (χ4v) is 3.37. The van der Waals surface area contributed by atoms with Crippen molar-refractivity contribution in [3.63, 3.8) is 0 Å². The van der Waals surface area contributed by atoms with Crippen LogP contribution in [0.25, 0.3) is 0 Å². The van der Waals surface area contributed by atoms with Crippen LogP contribution in [0.15, 0.2) is 4.99 Å². The molecule has 0 aliphatic carbocycles. The molecule has 128 valence electrons. The quantitative estimate of drug-likeness (QED) is 0.647. The first-order chi connectivity index (χ1) is 11.0. The lowest BCUT2D eigenvalue weighted by molar-refractivity contribution is 0.111. The zero-order valence-corrected chi connectivity index (χ0v) is 15.0. The number of rotatable bonds is 3. The van der Waals surface area contributed by atoms with Gasteiger partial charge in [-0.25, -0.2) is 9.78 Å². The molecule has 7 nitrogen and oxygen atoms in total. The van der Waals surface area contributed by atoms with Crippen molar-refractivity contribution in [2.24, 2.45) is 4.99 Å². The van der Waals surface area contributed by atoms with Crippen LogP contribution in [0.1, 0.15) is 28.4 Å². The molecule has 0 spiro atoms. The third-order valence-electron chi connectivity index (χ3n) is 3.97. The van der Waals surface area contributed by atoms with E-state index in [4.69, 9.17) is 4.74 Å². The van der Waals surface area contributed by atoms with Crippen LogP contribution < -0.4 is 10.6 Å². The number of carbonyl (C=O) groups excluding carboxylic acids is 1. The molecule has 1 aromatic heterocycles. The van der Waals surface area contributed by atoms with Gasteiger partial charge in [0, 0.05) is 31.1 Å². The number of thiazole rings is 1. The number of ether oxygens (including phenoxy) is 1. The summed E-state index contributed by atoms with van der Waals surface area (Å²) < 4.78 is 4.75. The normalized spacial score (nSPS) is 16.3. The molecule has 0 atom stereocenters. The highest BCUT2D eigenvalue weighted by molar-refractivity contribution is 7.11. The number of carbonyl (C=O) groups is 1. The molecule has 1 saturated heterocycles. The minimum absolute atomic E-state index is 0.250. The lowest BCUT2D eigenvalue weighted by Gasteiger charge is -2.32. The summed E-state index contributed by atoms with van der Waals surface area (Å²) in [7, 11) is 3.18. The summed E-state index contributed by atoms with van der Waals surface area (Å²) in [6.45, 7) is 6.18. The lowest BCUT2D eigenvalue weighted by atomic mass is 10.1. The van der Waals surface area contributed by atoms with Crippen LogP contribution in [0.4, 0.5) is 4.79 Å². The van der Waals surface area contributed by atoms with E-state index in [0.29, 0.717) is 25.7 Å². The van der Waals surface area contributed by atoms with E-state index in [1.165, 1.54) is 12.0 Å². The van der Waals surface area contributed by atoms with Gasteiger partial charge in [0.2, 0.25) is 0 Å². The summed E-state index contributed by atoms with van der Waals surface area (Å²) in [5.74, 6) is 0.770. The van der Waals surface area contributed by atoms with Crippen molar-refractivity contribution in [2.45, 2.75) is 39.3 Å². The maximum Gasteiger partial charge on any atom is 0.409 e. The van der Waals surface area contributed by atoms with Gasteiger partial charge >= 0.3 is 6.09 Å². The highest BCUT2D eigenvalue weighted by atomic mass is 32.1. The van der Waals surface area contributed by atoms with E-state index >= 15 is 0 Å². The van der Waals surface area contributed by atoms with E-state index in [9.17, 15) is 4.79 Å². The molecular formula is C15H25N5O2S. The Labute approximate surface area is 141 Å². The first-order valence-electron chi connectivity index (χ1n) is 7.76. The van der Waals surface area contributed by atoms with Crippen LogP contribution in [0.5, 0.6) is 0 Å². The van der Waals surface area contributed by atoms with Crippen molar-refractivity contribution >= 4 is 23.4 Å². The van der Waals surface area contributed by atoms with Crippen molar-refractivity contribution in [3.05, 3.63) is 15.6 Å². The van der Waals surface area contributed by atoms with Gasteiger partial charge in [-0.2, -0.15) is 0 Å². The fraction of sp³-hybridized carbons (Fsp3) is 0.667. The summed E-state index contributed by atoms with van der Waals surface area (Å²) in [6, 6.07) is 0.307. The minimum Gasteiger partial charge on any atom is -0.453 e. The van der Waals surface area contributed by atoms with E-state index < -0.39 is 0 Å². The van der Waals surface area contributed by atoms with Gasteiger partial charge in [0.05, 0.1) is 19.3 Å². The van der Waals surface area contributed by atoms with Gasteiger partial charge in [0.25, 0.3) is 0 Å². The molecular weight excluding hydrogens is 314 g/mol. The number of amides is 1. The number of nitrogens with one attached hydrogen (secondary N) is 2. The van der Waals surface area contributed by atoms with E-state index in [1.807, 2.05) is 6.92 Å². The van der Waals surface area contributed by atoms with Gasteiger partial charge in [-0.3, -0.25) is 4.99 Å². The van der Waals surface area contributed by atoms with Gasteiger partial charge in [-0.05, 0) is 26.7 Å². The van der Waals surface area contributed by atoms with Gasteiger partial charge in [0.1, 0.15) is 5.01 Å². The molecule has 0 bridgehead atoms. The summed E-state index contributed by atoms with van der Waals surface area (Å²) in [5.41, 5.74) is 1.09. The predicted molar refractivity (Wildman–Crippen MR) is 91.9 cm³/mol. The third kappa shape index (κ3) is 4.82. The van der Waals surface area contributed by atoms with Crippen LogP contribution >= 0.6 is 11.3 Å². The molecule has 23 heavy (non-hydrogen) atoms. The van der Waals surface area contributed by atoms with Crippen LogP contribution in [0.2, 0.25) is 0 Å². The Balaban J connectivity index is 1.78. The molecule has 1 aromatic rings. The number of hydrogen-bond donors (Lipinski definition) is 2. The maximum absolute atomic E-state index is 11.5. The zero-order chi connectivity index (χ0) is 16.8. The Morgan fingerprint density at radius 2 is 2.13 bits per heavy atom. The molecule has 1 amide bonds. The number of aryl methyl sites for hydroxylation is 2. The molecule has 2 heterocycles. The predicted octanol–water partition coefficient (Wildman–Crippen LogP) is 1.66.